The highest BCUT2D eigenvalue weighted by Crippen LogP contribution is 2.11. The topological polar surface area (TPSA) is 88.4 Å². The van der Waals surface area contributed by atoms with Gasteiger partial charge in [-0.15, -0.1) is 0 Å². The van der Waals surface area contributed by atoms with Gasteiger partial charge in [0.25, 0.3) is 5.56 Å². The van der Waals surface area contributed by atoms with Crippen molar-refractivity contribution >= 4 is 11.9 Å². The number of nitrogens with zero attached hydrogens (tertiary/aromatic N) is 1. The molecule has 0 aliphatic heterocycles. The third-order valence-corrected chi connectivity index (χ3v) is 2.65. The number of carboxylic acid groups (broad SMARTS) is 1. The van der Waals surface area contributed by atoms with Gasteiger partial charge in [-0.1, -0.05) is 6.07 Å². The summed E-state index contributed by atoms with van der Waals surface area (Å²) in [5.74, 6) is -1.22. The van der Waals surface area contributed by atoms with Crippen molar-refractivity contribution in [3.63, 3.8) is 0 Å². The van der Waals surface area contributed by atoms with E-state index in [1.54, 1.807) is 26.0 Å². The zero-order valence-corrected chi connectivity index (χ0v) is 11.0. The molecule has 0 saturated heterocycles. The van der Waals surface area contributed by atoms with Crippen molar-refractivity contribution in [2.45, 2.75) is 38.8 Å². The summed E-state index contributed by atoms with van der Waals surface area (Å²) in [5, 5.41) is 11.3. The molecule has 1 aromatic heterocycles. The van der Waals surface area contributed by atoms with E-state index in [0.717, 1.165) is 0 Å². The Morgan fingerprint density at radius 3 is 2.63 bits per heavy atom. The van der Waals surface area contributed by atoms with Crippen molar-refractivity contribution in [3.8, 4) is 0 Å². The molecule has 1 amide bonds. The number of pyridine rings is 1. The predicted molar refractivity (Wildman–Crippen MR) is 69.8 cm³/mol. The average Bonchev–Trinajstić information content (AvgIpc) is 2.29. The summed E-state index contributed by atoms with van der Waals surface area (Å²) in [6.07, 6.45) is 1.85. The first kappa shape index (κ1) is 14.9. The molecule has 0 saturated carbocycles. The molecular weight excluding hydrogens is 248 g/mol. The Labute approximate surface area is 111 Å². The molecule has 104 valence electrons. The molecule has 0 atom stereocenters. The van der Waals surface area contributed by atoms with Crippen molar-refractivity contribution in [1.82, 2.24) is 9.88 Å². The number of hydrogen-bond donors (Lipinski definition) is 2. The largest absolute Gasteiger partial charge is 0.481 e. The molecule has 6 nitrogen and oxygen atoms in total. The number of aromatic nitrogens is 1. The summed E-state index contributed by atoms with van der Waals surface area (Å²) >= 11 is 0. The monoisotopic (exact) mass is 266 g/mol. The minimum atomic E-state index is -0.901. The van der Waals surface area contributed by atoms with Crippen LogP contribution in [0.15, 0.2) is 29.2 Å². The van der Waals surface area contributed by atoms with E-state index in [4.69, 9.17) is 5.11 Å². The molecule has 0 fully saturated rings. The first-order chi connectivity index (χ1) is 8.80. The lowest BCUT2D eigenvalue weighted by Gasteiger charge is -2.25. The maximum absolute atomic E-state index is 11.8. The molecular formula is C13H18N2O4. The number of carbonyl (C=O) groups is 2. The van der Waals surface area contributed by atoms with Crippen LogP contribution < -0.4 is 10.9 Å². The molecule has 2 N–H and O–H groups in total. The number of aliphatic carboxylic acids is 1. The average molecular weight is 266 g/mol. The van der Waals surface area contributed by atoms with Crippen LogP contribution in [0, 0.1) is 0 Å². The maximum Gasteiger partial charge on any atom is 0.303 e. The highest BCUT2D eigenvalue weighted by atomic mass is 16.4. The number of hydrogen-bond acceptors (Lipinski definition) is 3. The second-order valence-electron chi connectivity index (χ2n) is 4.99. The summed E-state index contributed by atoms with van der Waals surface area (Å²) in [7, 11) is 0. The molecule has 1 aromatic rings. The van der Waals surface area contributed by atoms with E-state index < -0.39 is 11.5 Å². The van der Waals surface area contributed by atoms with Crippen LogP contribution in [0.3, 0.4) is 0 Å². The highest BCUT2D eigenvalue weighted by molar-refractivity contribution is 5.76. The molecule has 0 bridgehead atoms. The lowest BCUT2D eigenvalue weighted by molar-refractivity contribution is -0.137. The van der Waals surface area contributed by atoms with Crippen molar-refractivity contribution in [2.24, 2.45) is 0 Å². The van der Waals surface area contributed by atoms with Crippen LogP contribution in [-0.4, -0.2) is 27.1 Å². The van der Waals surface area contributed by atoms with Crippen LogP contribution in [0.4, 0.5) is 0 Å². The number of carbonyl (C=O) groups excluding carboxylic acids is 1. The van der Waals surface area contributed by atoms with Gasteiger partial charge in [0.15, 0.2) is 0 Å². The Morgan fingerprint density at radius 1 is 1.37 bits per heavy atom. The fourth-order valence-corrected chi connectivity index (χ4v) is 1.64. The van der Waals surface area contributed by atoms with Gasteiger partial charge in [0.1, 0.15) is 6.54 Å². The third kappa shape index (κ3) is 5.37. The Kier molecular flexibility index (Phi) is 4.86. The second kappa shape index (κ2) is 6.17. The van der Waals surface area contributed by atoms with Gasteiger partial charge in [-0.05, 0) is 26.3 Å². The molecule has 1 heterocycles. The Balaban J connectivity index is 2.58. The van der Waals surface area contributed by atoms with E-state index in [2.05, 4.69) is 5.32 Å². The standard InChI is InChI=1S/C13H18N2O4/c1-13(2,7-6-12(18)19)14-10(16)9-15-8-4-3-5-11(15)17/h3-5,8H,6-7,9H2,1-2H3,(H,14,16)(H,18,19). The molecule has 0 unspecified atom stereocenters. The zero-order chi connectivity index (χ0) is 14.5. The fourth-order valence-electron chi connectivity index (χ4n) is 1.64. The predicted octanol–water partition coefficient (Wildman–Crippen LogP) is 0.608. The van der Waals surface area contributed by atoms with Crippen LogP contribution in [0.25, 0.3) is 0 Å². The fraction of sp³-hybridized carbons (Fsp3) is 0.462. The van der Waals surface area contributed by atoms with Gasteiger partial charge in [-0.3, -0.25) is 14.4 Å². The number of nitrogens with one attached hydrogen (secondary N) is 1. The normalized spacial score (nSPS) is 11.1. The second-order valence-corrected chi connectivity index (χ2v) is 4.99. The lowest BCUT2D eigenvalue weighted by Crippen LogP contribution is -2.45. The molecule has 0 radical (unpaired) electrons. The summed E-state index contributed by atoms with van der Waals surface area (Å²) in [6, 6.07) is 4.65. The molecule has 6 heteroatoms. The van der Waals surface area contributed by atoms with Crippen molar-refractivity contribution < 1.29 is 14.7 Å². The van der Waals surface area contributed by atoms with Crippen LogP contribution in [0.2, 0.25) is 0 Å². The van der Waals surface area contributed by atoms with E-state index in [1.165, 1.54) is 16.8 Å². The molecule has 0 spiro atoms. The van der Waals surface area contributed by atoms with E-state index in [-0.39, 0.29) is 24.4 Å². The number of amides is 1. The first-order valence-electron chi connectivity index (χ1n) is 5.98. The summed E-state index contributed by atoms with van der Waals surface area (Å²) in [4.78, 5) is 33.8. The van der Waals surface area contributed by atoms with Gasteiger partial charge in [-0.2, -0.15) is 0 Å². The third-order valence-electron chi connectivity index (χ3n) is 2.65. The van der Waals surface area contributed by atoms with E-state index >= 15 is 0 Å². The van der Waals surface area contributed by atoms with Crippen molar-refractivity contribution in [1.29, 1.82) is 0 Å². The molecule has 19 heavy (non-hydrogen) atoms. The smallest absolute Gasteiger partial charge is 0.303 e. The van der Waals surface area contributed by atoms with E-state index in [9.17, 15) is 14.4 Å². The summed E-state index contributed by atoms with van der Waals surface area (Å²) in [6.45, 7) is 3.43. The van der Waals surface area contributed by atoms with Gasteiger partial charge >= 0.3 is 5.97 Å². The van der Waals surface area contributed by atoms with Gasteiger partial charge in [0.2, 0.25) is 5.91 Å². The van der Waals surface area contributed by atoms with Crippen LogP contribution in [-0.2, 0) is 16.1 Å². The van der Waals surface area contributed by atoms with Crippen molar-refractivity contribution in [3.05, 3.63) is 34.7 Å². The highest BCUT2D eigenvalue weighted by Gasteiger charge is 2.21. The minimum Gasteiger partial charge on any atom is -0.481 e. The van der Waals surface area contributed by atoms with Gasteiger partial charge in [0, 0.05) is 24.2 Å². The summed E-state index contributed by atoms with van der Waals surface area (Å²) in [5.41, 5.74) is -0.866. The number of carboxylic acids is 1. The van der Waals surface area contributed by atoms with Crippen LogP contribution in [0.5, 0.6) is 0 Å². The first-order valence-corrected chi connectivity index (χ1v) is 5.98. The van der Waals surface area contributed by atoms with Crippen LogP contribution >= 0.6 is 0 Å². The molecule has 1 rings (SSSR count). The van der Waals surface area contributed by atoms with Crippen molar-refractivity contribution in [2.75, 3.05) is 0 Å². The maximum atomic E-state index is 11.8. The Hall–Kier alpha value is -2.11. The quantitative estimate of drug-likeness (QED) is 0.789. The van der Waals surface area contributed by atoms with E-state index in [1.807, 2.05) is 0 Å². The van der Waals surface area contributed by atoms with E-state index in [0.29, 0.717) is 6.42 Å². The molecule has 0 aromatic carbocycles. The lowest BCUT2D eigenvalue weighted by atomic mass is 9.98. The Bertz CT molecular complexity index is 519. The van der Waals surface area contributed by atoms with Gasteiger partial charge < -0.3 is 15.0 Å². The number of rotatable bonds is 6. The Morgan fingerprint density at radius 2 is 2.05 bits per heavy atom. The van der Waals surface area contributed by atoms with Gasteiger partial charge in [-0.25, -0.2) is 0 Å². The van der Waals surface area contributed by atoms with Crippen LogP contribution in [0.1, 0.15) is 26.7 Å². The minimum absolute atomic E-state index is 0.0153. The SMILES string of the molecule is CC(C)(CCC(=O)O)NC(=O)Cn1ccccc1=O. The zero-order valence-electron chi connectivity index (χ0n) is 11.0. The summed E-state index contributed by atoms with van der Waals surface area (Å²) < 4.78 is 1.29. The van der Waals surface area contributed by atoms with Gasteiger partial charge in [0.05, 0.1) is 0 Å². The molecule has 0 aliphatic rings. The molecule has 0 aliphatic carbocycles.